The summed E-state index contributed by atoms with van der Waals surface area (Å²) in [5.74, 6) is 1.02. The molecule has 0 atom stereocenters. The lowest BCUT2D eigenvalue weighted by atomic mass is 10.2. The summed E-state index contributed by atoms with van der Waals surface area (Å²) in [6.45, 7) is 1.13. The van der Waals surface area contributed by atoms with E-state index < -0.39 is 0 Å². The van der Waals surface area contributed by atoms with Crippen molar-refractivity contribution < 1.29 is 14.3 Å². The number of benzene rings is 1. The van der Waals surface area contributed by atoms with Gasteiger partial charge >= 0.3 is 0 Å². The highest BCUT2D eigenvalue weighted by atomic mass is 127. The lowest BCUT2D eigenvalue weighted by Crippen LogP contribution is -2.26. The molecule has 0 aromatic heterocycles. The van der Waals surface area contributed by atoms with Crippen molar-refractivity contribution in [3.8, 4) is 11.5 Å². The molecule has 0 spiro atoms. The van der Waals surface area contributed by atoms with Crippen molar-refractivity contribution in [1.82, 2.24) is 5.32 Å². The zero-order valence-corrected chi connectivity index (χ0v) is 12.6. The lowest BCUT2D eigenvalue weighted by molar-refractivity contribution is 0.0952. The van der Waals surface area contributed by atoms with Crippen LogP contribution in [0.5, 0.6) is 11.5 Å². The molecule has 0 bridgehead atoms. The number of hydrogen-bond acceptors (Lipinski definition) is 4. The van der Waals surface area contributed by atoms with Gasteiger partial charge in [0.1, 0.15) is 0 Å². The number of halogens is 1. The maximum atomic E-state index is 12.0. The molecular formula is C12H17IN2O3. The van der Waals surface area contributed by atoms with Crippen molar-refractivity contribution in [3.05, 3.63) is 21.3 Å². The molecule has 0 aliphatic rings. The van der Waals surface area contributed by atoms with Crippen molar-refractivity contribution in [2.24, 2.45) is 5.73 Å². The monoisotopic (exact) mass is 364 g/mol. The van der Waals surface area contributed by atoms with E-state index in [1.54, 1.807) is 26.4 Å². The molecule has 18 heavy (non-hydrogen) atoms. The first-order chi connectivity index (χ1) is 8.63. The minimum Gasteiger partial charge on any atom is -0.493 e. The summed E-state index contributed by atoms with van der Waals surface area (Å²) in [5, 5.41) is 2.81. The second-order valence-corrected chi connectivity index (χ2v) is 4.75. The molecule has 0 radical (unpaired) electrons. The number of methoxy groups -OCH3 is 2. The van der Waals surface area contributed by atoms with E-state index in [9.17, 15) is 4.79 Å². The van der Waals surface area contributed by atoms with Crippen LogP contribution in [0.1, 0.15) is 16.8 Å². The third-order valence-corrected chi connectivity index (χ3v) is 3.28. The predicted molar refractivity (Wildman–Crippen MR) is 78.3 cm³/mol. The number of carbonyl (C=O) groups excluding carboxylic acids is 1. The third kappa shape index (κ3) is 3.74. The smallest absolute Gasteiger partial charge is 0.252 e. The fourth-order valence-corrected chi connectivity index (χ4v) is 2.11. The molecule has 1 aromatic carbocycles. The molecule has 6 heteroatoms. The van der Waals surface area contributed by atoms with Crippen LogP contribution in [0.3, 0.4) is 0 Å². The van der Waals surface area contributed by atoms with Gasteiger partial charge in [0, 0.05) is 10.1 Å². The normalized spacial score (nSPS) is 10.0. The summed E-state index contributed by atoms with van der Waals surface area (Å²) < 4.78 is 11.2. The highest BCUT2D eigenvalue weighted by Crippen LogP contribution is 2.31. The summed E-state index contributed by atoms with van der Waals surface area (Å²) in [6, 6.07) is 3.45. The molecule has 5 nitrogen and oxygen atoms in total. The Morgan fingerprint density at radius 3 is 2.50 bits per heavy atom. The van der Waals surface area contributed by atoms with E-state index >= 15 is 0 Å². The van der Waals surface area contributed by atoms with Crippen LogP contribution in [0.2, 0.25) is 0 Å². The van der Waals surface area contributed by atoms with Gasteiger partial charge in [-0.05, 0) is 47.7 Å². The number of carbonyl (C=O) groups is 1. The first-order valence-electron chi connectivity index (χ1n) is 5.53. The van der Waals surface area contributed by atoms with E-state index in [1.165, 1.54) is 0 Å². The maximum Gasteiger partial charge on any atom is 0.252 e. The molecule has 0 aliphatic heterocycles. The molecule has 0 saturated carbocycles. The molecule has 0 saturated heterocycles. The SMILES string of the molecule is COc1cc(I)c(C(=O)NCCCN)cc1OC. The van der Waals surface area contributed by atoms with Gasteiger partial charge in [-0.2, -0.15) is 0 Å². The van der Waals surface area contributed by atoms with Crippen LogP contribution < -0.4 is 20.5 Å². The summed E-state index contributed by atoms with van der Waals surface area (Å²) in [4.78, 5) is 12.0. The van der Waals surface area contributed by atoms with Gasteiger partial charge in [0.15, 0.2) is 11.5 Å². The Kier molecular flexibility index (Phi) is 6.20. The molecular weight excluding hydrogens is 347 g/mol. The van der Waals surface area contributed by atoms with Crippen molar-refractivity contribution >= 4 is 28.5 Å². The molecule has 0 fully saturated rings. The average Bonchev–Trinajstić information content (AvgIpc) is 2.38. The highest BCUT2D eigenvalue weighted by Gasteiger charge is 2.14. The molecule has 3 N–H and O–H groups in total. The molecule has 0 heterocycles. The van der Waals surface area contributed by atoms with Gasteiger partial charge in [0.05, 0.1) is 19.8 Å². The fraction of sp³-hybridized carbons (Fsp3) is 0.417. The number of nitrogens with two attached hydrogens (primary N) is 1. The summed E-state index contributed by atoms with van der Waals surface area (Å²) in [6.07, 6.45) is 0.760. The molecule has 1 rings (SSSR count). The molecule has 1 amide bonds. The third-order valence-electron chi connectivity index (χ3n) is 2.38. The van der Waals surface area contributed by atoms with Gasteiger partial charge < -0.3 is 20.5 Å². The Labute approximate surface area is 120 Å². The van der Waals surface area contributed by atoms with Crippen molar-refractivity contribution in [3.63, 3.8) is 0 Å². The highest BCUT2D eigenvalue weighted by molar-refractivity contribution is 14.1. The van der Waals surface area contributed by atoms with E-state index in [0.29, 0.717) is 30.2 Å². The minimum atomic E-state index is -0.131. The van der Waals surface area contributed by atoms with E-state index in [4.69, 9.17) is 15.2 Å². The van der Waals surface area contributed by atoms with Gasteiger partial charge in [-0.15, -0.1) is 0 Å². The number of ether oxygens (including phenoxy) is 2. The molecule has 0 unspecified atom stereocenters. The zero-order valence-electron chi connectivity index (χ0n) is 10.5. The van der Waals surface area contributed by atoms with E-state index in [-0.39, 0.29) is 5.91 Å². The second kappa shape index (κ2) is 7.42. The van der Waals surface area contributed by atoms with Crippen molar-refractivity contribution in [1.29, 1.82) is 0 Å². The van der Waals surface area contributed by atoms with Crippen LogP contribution in [0.25, 0.3) is 0 Å². The maximum absolute atomic E-state index is 12.0. The Hall–Kier alpha value is -1.02. The largest absolute Gasteiger partial charge is 0.493 e. The van der Waals surface area contributed by atoms with E-state index in [1.807, 2.05) is 0 Å². The van der Waals surface area contributed by atoms with Crippen molar-refractivity contribution in [2.75, 3.05) is 27.3 Å². The topological polar surface area (TPSA) is 73.6 Å². The Bertz CT molecular complexity index is 424. The quantitative estimate of drug-likeness (QED) is 0.591. The van der Waals surface area contributed by atoms with Gasteiger partial charge in [-0.25, -0.2) is 0 Å². The number of hydrogen-bond donors (Lipinski definition) is 2. The van der Waals surface area contributed by atoms with Crippen LogP contribution >= 0.6 is 22.6 Å². The van der Waals surface area contributed by atoms with Gasteiger partial charge in [0.2, 0.25) is 0 Å². The van der Waals surface area contributed by atoms with Gasteiger partial charge in [0.25, 0.3) is 5.91 Å². The standard InChI is InChI=1S/C12H17IN2O3/c1-17-10-6-8(9(13)7-11(10)18-2)12(16)15-5-3-4-14/h6-7H,3-5,14H2,1-2H3,(H,15,16). The minimum absolute atomic E-state index is 0.131. The zero-order chi connectivity index (χ0) is 13.5. The predicted octanol–water partition coefficient (Wildman–Crippen LogP) is 1.39. The van der Waals surface area contributed by atoms with Gasteiger partial charge in [-0.1, -0.05) is 0 Å². The Balaban J connectivity index is 2.91. The second-order valence-electron chi connectivity index (χ2n) is 3.59. The lowest BCUT2D eigenvalue weighted by Gasteiger charge is -2.12. The van der Waals surface area contributed by atoms with Crippen LogP contribution in [0.4, 0.5) is 0 Å². The van der Waals surface area contributed by atoms with E-state index in [0.717, 1.165) is 9.99 Å². The summed E-state index contributed by atoms with van der Waals surface area (Å²) in [7, 11) is 3.11. The number of amides is 1. The van der Waals surface area contributed by atoms with Crippen LogP contribution in [-0.4, -0.2) is 33.2 Å². The first-order valence-corrected chi connectivity index (χ1v) is 6.61. The first kappa shape index (κ1) is 15.0. The Morgan fingerprint density at radius 2 is 1.94 bits per heavy atom. The van der Waals surface area contributed by atoms with Crippen LogP contribution in [0, 0.1) is 3.57 Å². The number of nitrogens with one attached hydrogen (secondary N) is 1. The Morgan fingerprint density at radius 1 is 1.33 bits per heavy atom. The van der Waals surface area contributed by atoms with Crippen LogP contribution in [-0.2, 0) is 0 Å². The summed E-state index contributed by atoms with van der Waals surface area (Å²) in [5.41, 5.74) is 5.95. The molecule has 1 aromatic rings. The number of rotatable bonds is 6. The van der Waals surface area contributed by atoms with E-state index in [2.05, 4.69) is 27.9 Å². The molecule has 0 aliphatic carbocycles. The summed E-state index contributed by atoms with van der Waals surface area (Å²) >= 11 is 2.10. The van der Waals surface area contributed by atoms with Crippen LogP contribution in [0.15, 0.2) is 12.1 Å². The fourth-order valence-electron chi connectivity index (χ4n) is 1.43. The molecule has 100 valence electrons. The van der Waals surface area contributed by atoms with Gasteiger partial charge in [-0.3, -0.25) is 4.79 Å². The van der Waals surface area contributed by atoms with Crippen molar-refractivity contribution in [2.45, 2.75) is 6.42 Å². The average molecular weight is 364 g/mol.